The highest BCUT2D eigenvalue weighted by atomic mass is 16.6. The van der Waals surface area contributed by atoms with Gasteiger partial charge < -0.3 is 15.4 Å². The summed E-state index contributed by atoms with van der Waals surface area (Å²) in [6, 6.07) is 4.09. The molecule has 136 valence electrons. The van der Waals surface area contributed by atoms with Crippen LogP contribution in [0.3, 0.4) is 0 Å². The predicted molar refractivity (Wildman–Crippen MR) is 92.5 cm³/mol. The molecule has 25 heavy (non-hydrogen) atoms. The number of nitro groups is 1. The lowest BCUT2D eigenvalue weighted by molar-refractivity contribution is -0.384. The molecule has 0 aliphatic heterocycles. The Kier molecular flexibility index (Phi) is 6.32. The van der Waals surface area contributed by atoms with Gasteiger partial charge >= 0.3 is 5.97 Å². The second-order valence-electron chi connectivity index (χ2n) is 6.25. The SMILES string of the molecule is CNc1ccc(C(=O)OCC(=O)N[C@H]2CCCC[C@@H]2C)cc1[N+](=O)[O-]. The number of nitrogens with zero attached hydrogens (tertiary/aromatic N) is 1. The zero-order valence-electron chi connectivity index (χ0n) is 14.4. The van der Waals surface area contributed by atoms with Crippen molar-refractivity contribution in [3.63, 3.8) is 0 Å². The van der Waals surface area contributed by atoms with Crippen LogP contribution in [-0.4, -0.2) is 36.5 Å². The van der Waals surface area contributed by atoms with Crippen molar-refractivity contribution in [3.8, 4) is 0 Å². The van der Waals surface area contributed by atoms with Crippen molar-refractivity contribution >= 4 is 23.3 Å². The Morgan fingerprint density at radius 2 is 2.04 bits per heavy atom. The molecule has 1 amide bonds. The van der Waals surface area contributed by atoms with Crippen LogP contribution in [0, 0.1) is 16.0 Å². The van der Waals surface area contributed by atoms with Gasteiger partial charge in [-0.2, -0.15) is 0 Å². The molecule has 0 saturated heterocycles. The smallest absolute Gasteiger partial charge is 0.338 e. The minimum atomic E-state index is -0.766. The van der Waals surface area contributed by atoms with Crippen molar-refractivity contribution in [1.29, 1.82) is 0 Å². The zero-order chi connectivity index (χ0) is 18.4. The number of anilines is 1. The van der Waals surface area contributed by atoms with Crippen LogP contribution in [0.1, 0.15) is 43.0 Å². The minimum Gasteiger partial charge on any atom is -0.452 e. The second-order valence-corrected chi connectivity index (χ2v) is 6.25. The third-order valence-corrected chi connectivity index (χ3v) is 4.49. The van der Waals surface area contributed by atoms with Gasteiger partial charge in [-0.3, -0.25) is 14.9 Å². The minimum absolute atomic E-state index is 0.0320. The molecular formula is C17H23N3O5. The average molecular weight is 349 g/mol. The summed E-state index contributed by atoms with van der Waals surface area (Å²) in [5.74, 6) is -0.712. The Balaban J connectivity index is 1.92. The number of carbonyl (C=O) groups excluding carboxylic acids is 2. The van der Waals surface area contributed by atoms with E-state index in [1.54, 1.807) is 7.05 Å². The zero-order valence-corrected chi connectivity index (χ0v) is 14.4. The fourth-order valence-corrected chi connectivity index (χ4v) is 3.01. The molecule has 1 aromatic carbocycles. The molecule has 8 heteroatoms. The molecule has 0 bridgehead atoms. The van der Waals surface area contributed by atoms with Gasteiger partial charge in [0.15, 0.2) is 6.61 Å². The third-order valence-electron chi connectivity index (χ3n) is 4.49. The molecule has 2 N–H and O–H groups in total. The number of esters is 1. The molecule has 1 fully saturated rings. The lowest BCUT2D eigenvalue weighted by Crippen LogP contribution is -2.42. The van der Waals surface area contributed by atoms with Gasteiger partial charge in [-0.25, -0.2) is 4.79 Å². The summed E-state index contributed by atoms with van der Waals surface area (Å²) < 4.78 is 4.98. The highest BCUT2D eigenvalue weighted by Crippen LogP contribution is 2.25. The summed E-state index contributed by atoms with van der Waals surface area (Å²) in [4.78, 5) is 34.4. The van der Waals surface area contributed by atoms with E-state index in [9.17, 15) is 19.7 Å². The molecule has 0 radical (unpaired) electrons. The Hall–Kier alpha value is -2.64. The van der Waals surface area contributed by atoms with Gasteiger partial charge in [-0.05, 0) is 30.9 Å². The van der Waals surface area contributed by atoms with Crippen LogP contribution in [-0.2, 0) is 9.53 Å². The van der Waals surface area contributed by atoms with Gasteiger partial charge in [0.1, 0.15) is 5.69 Å². The first-order chi connectivity index (χ1) is 11.9. The van der Waals surface area contributed by atoms with Crippen LogP contribution in [0.4, 0.5) is 11.4 Å². The third kappa shape index (κ3) is 4.91. The van der Waals surface area contributed by atoms with Crippen LogP contribution >= 0.6 is 0 Å². The monoisotopic (exact) mass is 349 g/mol. The van der Waals surface area contributed by atoms with Crippen molar-refractivity contribution in [2.75, 3.05) is 19.0 Å². The number of hydrogen-bond acceptors (Lipinski definition) is 6. The molecule has 1 saturated carbocycles. The van der Waals surface area contributed by atoms with E-state index in [4.69, 9.17) is 4.74 Å². The Bertz CT molecular complexity index is 662. The summed E-state index contributed by atoms with van der Waals surface area (Å²) in [7, 11) is 1.55. The number of benzene rings is 1. The first kappa shape index (κ1) is 18.7. The number of nitrogens with one attached hydrogen (secondary N) is 2. The predicted octanol–water partition coefficient (Wildman–Crippen LogP) is 2.49. The van der Waals surface area contributed by atoms with Gasteiger partial charge in [0.05, 0.1) is 10.5 Å². The first-order valence-electron chi connectivity index (χ1n) is 8.35. The molecule has 0 heterocycles. The van der Waals surface area contributed by atoms with Crippen molar-refractivity contribution in [1.82, 2.24) is 5.32 Å². The van der Waals surface area contributed by atoms with Gasteiger partial charge in [-0.1, -0.05) is 19.8 Å². The van der Waals surface area contributed by atoms with Crippen LogP contribution < -0.4 is 10.6 Å². The Labute approximate surface area is 146 Å². The van der Waals surface area contributed by atoms with Gasteiger partial charge in [-0.15, -0.1) is 0 Å². The maximum Gasteiger partial charge on any atom is 0.338 e. The maximum absolute atomic E-state index is 12.0. The molecule has 2 atom stereocenters. The van der Waals surface area contributed by atoms with Crippen molar-refractivity contribution in [3.05, 3.63) is 33.9 Å². The largest absolute Gasteiger partial charge is 0.452 e. The Morgan fingerprint density at radius 3 is 2.68 bits per heavy atom. The number of amides is 1. The molecule has 1 aliphatic rings. The lowest BCUT2D eigenvalue weighted by atomic mass is 9.86. The molecular weight excluding hydrogens is 326 g/mol. The summed E-state index contributed by atoms with van der Waals surface area (Å²) >= 11 is 0. The standard InChI is InChI=1S/C17H23N3O5/c1-11-5-3-4-6-13(11)19-16(21)10-25-17(22)12-7-8-14(18-2)15(9-12)20(23)24/h7-9,11,13,18H,3-6,10H2,1-2H3,(H,19,21)/t11-,13-/m0/s1. The molecule has 8 nitrogen and oxygen atoms in total. The van der Waals surface area contributed by atoms with E-state index in [0.717, 1.165) is 25.3 Å². The van der Waals surface area contributed by atoms with E-state index in [2.05, 4.69) is 17.6 Å². The van der Waals surface area contributed by atoms with E-state index in [-0.39, 0.29) is 23.2 Å². The van der Waals surface area contributed by atoms with Crippen molar-refractivity contribution < 1.29 is 19.2 Å². The van der Waals surface area contributed by atoms with Crippen LogP contribution in [0.15, 0.2) is 18.2 Å². The molecule has 0 unspecified atom stereocenters. The highest BCUT2D eigenvalue weighted by molar-refractivity contribution is 5.93. The lowest BCUT2D eigenvalue weighted by Gasteiger charge is -2.29. The van der Waals surface area contributed by atoms with E-state index in [1.165, 1.54) is 18.6 Å². The topological polar surface area (TPSA) is 111 Å². The molecule has 0 aromatic heterocycles. The summed E-state index contributed by atoms with van der Waals surface area (Å²) in [5, 5.41) is 16.6. The van der Waals surface area contributed by atoms with E-state index in [0.29, 0.717) is 11.6 Å². The number of hydrogen-bond donors (Lipinski definition) is 2. The molecule has 1 aliphatic carbocycles. The number of nitro benzene ring substituents is 1. The number of carbonyl (C=O) groups is 2. The summed E-state index contributed by atoms with van der Waals surface area (Å²) in [6.45, 7) is 1.70. The quantitative estimate of drug-likeness (QED) is 0.464. The molecule has 1 aromatic rings. The molecule has 2 rings (SSSR count). The summed E-state index contributed by atoms with van der Waals surface area (Å²) in [6.07, 6.45) is 4.26. The Morgan fingerprint density at radius 1 is 1.32 bits per heavy atom. The van der Waals surface area contributed by atoms with Crippen LogP contribution in [0.5, 0.6) is 0 Å². The normalized spacial score (nSPS) is 19.8. The van der Waals surface area contributed by atoms with Gasteiger partial charge in [0.25, 0.3) is 11.6 Å². The van der Waals surface area contributed by atoms with E-state index < -0.39 is 17.5 Å². The van der Waals surface area contributed by atoms with Crippen molar-refractivity contribution in [2.45, 2.75) is 38.6 Å². The first-order valence-corrected chi connectivity index (χ1v) is 8.35. The van der Waals surface area contributed by atoms with Crippen molar-refractivity contribution in [2.24, 2.45) is 5.92 Å². The fraction of sp³-hybridized carbons (Fsp3) is 0.529. The molecule has 0 spiro atoms. The van der Waals surface area contributed by atoms with Crippen LogP contribution in [0.2, 0.25) is 0 Å². The van der Waals surface area contributed by atoms with Gasteiger partial charge in [0.2, 0.25) is 0 Å². The van der Waals surface area contributed by atoms with E-state index in [1.807, 2.05) is 0 Å². The van der Waals surface area contributed by atoms with Crippen LogP contribution in [0.25, 0.3) is 0 Å². The van der Waals surface area contributed by atoms with Gasteiger partial charge in [0, 0.05) is 19.2 Å². The maximum atomic E-state index is 12.0. The number of rotatable bonds is 6. The summed E-state index contributed by atoms with van der Waals surface area (Å²) in [5.41, 5.74) is 0.104. The fourth-order valence-electron chi connectivity index (χ4n) is 3.01. The second kappa shape index (κ2) is 8.46. The average Bonchev–Trinajstić information content (AvgIpc) is 2.61. The van der Waals surface area contributed by atoms with E-state index >= 15 is 0 Å². The number of ether oxygens (including phenoxy) is 1. The highest BCUT2D eigenvalue weighted by Gasteiger charge is 2.23.